The second-order valence-electron chi connectivity index (χ2n) is 6.93. The van der Waals surface area contributed by atoms with Crippen molar-refractivity contribution in [2.24, 2.45) is 5.92 Å². The lowest BCUT2D eigenvalue weighted by Gasteiger charge is -2.23. The molecule has 1 saturated heterocycles. The molecule has 0 aromatic heterocycles. The molecule has 1 unspecified atom stereocenters. The van der Waals surface area contributed by atoms with Crippen LogP contribution in [0.25, 0.3) is 0 Å². The SMILES string of the molecule is CC(C)CS(=O)(=O)CC(=O)NC1CCN(C2CCCC2)C1. The highest BCUT2D eigenvalue weighted by Gasteiger charge is 2.31. The Labute approximate surface area is 128 Å². The van der Waals surface area contributed by atoms with Gasteiger partial charge in [-0.15, -0.1) is 0 Å². The first-order valence-corrected chi connectivity index (χ1v) is 9.91. The highest BCUT2D eigenvalue weighted by Crippen LogP contribution is 2.26. The van der Waals surface area contributed by atoms with Crippen molar-refractivity contribution in [1.29, 1.82) is 0 Å². The van der Waals surface area contributed by atoms with E-state index in [0.717, 1.165) is 19.5 Å². The van der Waals surface area contributed by atoms with Gasteiger partial charge in [-0.25, -0.2) is 8.42 Å². The van der Waals surface area contributed by atoms with Crippen LogP contribution in [0.15, 0.2) is 0 Å². The zero-order valence-corrected chi connectivity index (χ0v) is 14.0. The number of hydrogen-bond acceptors (Lipinski definition) is 4. The molecule has 0 bridgehead atoms. The van der Waals surface area contributed by atoms with E-state index in [1.165, 1.54) is 25.7 Å². The van der Waals surface area contributed by atoms with E-state index in [0.29, 0.717) is 6.04 Å². The summed E-state index contributed by atoms with van der Waals surface area (Å²) in [7, 11) is -3.28. The fourth-order valence-corrected chi connectivity index (χ4v) is 5.16. The van der Waals surface area contributed by atoms with Gasteiger partial charge in [0.25, 0.3) is 0 Å². The van der Waals surface area contributed by atoms with E-state index in [2.05, 4.69) is 10.2 Å². The Morgan fingerprint density at radius 1 is 1.24 bits per heavy atom. The van der Waals surface area contributed by atoms with E-state index in [-0.39, 0.29) is 29.4 Å². The summed E-state index contributed by atoms with van der Waals surface area (Å²) in [4.78, 5) is 14.4. The minimum Gasteiger partial charge on any atom is -0.351 e. The number of sulfone groups is 1. The van der Waals surface area contributed by atoms with Gasteiger partial charge < -0.3 is 5.32 Å². The molecule has 21 heavy (non-hydrogen) atoms. The molecular formula is C15H28N2O3S. The zero-order chi connectivity index (χ0) is 15.5. The van der Waals surface area contributed by atoms with Gasteiger partial charge in [0.2, 0.25) is 5.91 Å². The predicted octanol–water partition coefficient (Wildman–Crippen LogP) is 1.19. The van der Waals surface area contributed by atoms with Crippen LogP contribution in [0.1, 0.15) is 46.0 Å². The first kappa shape index (κ1) is 16.7. The van der Waals surface area contributed by atoms with Crippen molar-refractivity contribution in [3.05, 3.63) is 0 Å². The van der Waals surface area contributed by atoms with Crippen molar-refractivity contribution in [2.45, 2.75) is 58.0 Å². The molecule has 2 rings (SSSR count). The second kappa shape index (κ2) is 7.09. The third-order valence-electron chi connectivity index (χ3n) is 4.36. The summed E-state index contributed by atoms with van der Waals surface area (Å²) >= 11 is 0. The zero-order valence-electron chi connectivity index (χ0n) is 13.2. The maximum Gasteiger partial charge on any atom is 0.235 e. The van der Waals surface area contributed by atoms with Crippen LogP contribution in [0.3, 0.4) is 0 Å². The Bertz CT molecular complexity index is 456. The van der Waals surface area contributed by atoms with Gasteiger partial charge in [0.05, 0.1) is 5.75 Å². The lowest BCUT2D eigenvalue weighted by molar-refractivity contribution is -0.119. The van der Waals surface area contributed by atoms with Crippen LogP contribution in [-0.4, -0.2) is 55.9 Å². The molecule has 0 radical (unpaired) electrons. The Balaban J connectivity index is 1.76. The maximum absolute atomic E-state index is 11.9. The number of hydrogen-bond donors (Lipinski definition) is 1. The fourth-order valence-electron chi connectivity index (χ4n) is 3.54. The fraction of sp³-hybridized carbons (Fsp3) is 0.933. The third-order valence-corrected chi connectivity index (χ3v) is 6.24. The number of nitrogens with zero attached hydrogens (tertiary/aromatic N) is 1. The highest BCUT2D eigenvalue weighted by molar-refractivity contribution is 7.92. The third kappa shape index (κ3) is 5.25. The van der Waals surface area contributed by atoms with Crippen molar-refractivity contribution < 1.29 is 13.2 Å². The summed E-state index contributed by atoms with van der Waals surface area (Å²) in [6, 6.07) is 0.795. The summed E-state index contributed by atoms with van der Waals surface area (Å²) < 4.78 is 23.7. The van der Waals surface area contributed by atoms with Crippen molar-refractivity contribution in [2.75, 3.05) is 24.6 Å². The first-order chi connectivity index (χ1) is 9.85. The molecule has 1 atom stereocenters. The molecular weight excluding hydrogens is 288 g/mol. The van der Waals surface area contributed by atoms with Crippen LogP contribution in [0, 0.1) is 5.92 Å². The van der Waals surface area contributed by atoms with E-state index < -0.39 is 9.84 Å². The maximum atomic E-state index is 11.9. The van der Waals surface area contributed by atoms with Crippen LogP contribution in [0.2, 0.25) is 0 Å². The Kier molecular flexibility index (Phi) is 5.66. The minimum atomic E-state index is -3.28. The Morgan fingerprint density at radius 3 is 2.52 bits per heavy atom. The molecule has 0 spiro atoms. The molecule has 5 nitrogen and oxygen atoms in total. The van der Waals surface area contributed by atoms with Gasteiger partial charge in [-0.05, 0) is 25.2 Å². The quantitative estimate of drug-likeness (QED) is 0.799. The van der Waals surface area contributed by atoms with Gasteiger partial charge in [0, 0.05) is 25.2 Å². The number of nitrogens with one attached hydrogen (secondary N) is 1. The summed E-state index contributed by atoms with van der Waals surface area (Å²) in [5, 5.41) is 2.90. The summed E-state index contributed by atoms with van der Waals surface area (Å²) in [5.74, 6) is -0.564. The van der Waals surface area contributed by atoms with Gasteiger partial charge >= 0.3 is 0 Å². The number of likely N-dealkylation sites (tertiary alicyclic amines) is 1. The average Bonchev–Trinajstić information content (AvgIpc) is 2.94. The van der Waals surface area contributed by atoms with Crippen molar-refractivity contribution in [1.82, 2.24) is 10.2 Å². The monoisotopic (exact) mass is 316 g/mol. The van der Waals surface area contributed by atoms with Crippen LogP contribution in [-0.2, 0) is 14.6 Å². The topological polar surface area (TPSA) is 66.5 Å². The minimum absolute atomic E-state index is 0.0622. The molecule has 2 fully saturated rings. The Hall–Kier alpha value is -0.620. The van der Waals surface area contributed by atoms with Gasteiger partial charge in [0.15, 0.2) is 9.84 Å². The molecule has 0 aromatic carbocycles. The van der Waals surface area contributed by atoms with E-state index in [1.54, 1.807) is 0 Å². The smallest absolute Gasteiger partial charge is 0.235 e. The van der Waals surface area contributed by atoms with Gasteiger partial charge in [-0.1, -0.05) is 26.7 Å². The molecule has 122 valence electrons. The van der Waals surface area contributed by atoms with Crippen LogP contribution in [0.4, 0.5) is 0 Å². The van der Waals surface area contributed by atoms with Gasteiger partial charge in [-0.3, -0.25) is 9.69 Å². The Morgan fingerprint density at radius 2 is 1.90 bits per heavy atom. The van der Waals surface area contributed by atoms with Gasteiger partial charge in [-0.2, -0.15) is 0 Å². The number of amides is 1. The number of rotatable bonds is 6. The predicted molar refractivity (Wildman–Crippen MR) is 83.9 cm³/mol. The molecule has 6 heteroatoms. The van der Waals surface area contributed by atoms with Crippen LogP contribution >= 0.6 is 0 Å². The molecule has 2 aliphatic rings. The molecule has 1 aliphatic carbocycles. The van der Waals surface area contributed by atoms with E-state index in [4.69, 9.17) is 0 Å². The lowest BCUT2D eigenvalue weighted by Crippen LogP contribution is -2.41. The van der Waals surface area contributed by atoms with E-state index in [1.807, 2.05) is 13.8 Å². The largest absolute Gasteiger partial charge is 0.351 e. The van der Waals surface area contributed by atoms with Crippen molar-refractivity contribution in [3.8, 4) is 0 Å². The highest BCUT2D eigenvalue weighted by atomic mass is 32.2. The average molecular weight is 316 g/mol. The van der Waals surface area contributed by atoms with Crippen molar-refractivity contribution >= 4 is 15.7 Å². The molecule has 1 heterocycles. The standard InChI is InChI=1S/C15H28N2O3S/c1-12(2)10-21(19,20)11-15(18)16-13-7-8-17(9-13)14-5-3-4-6-14/h12-14H,3-11H2,1-2H3,(H,16,18). The number of carbonyl (C=O) groups is 1. The summed E-state index contributed by atoms with van der Waals surface area (Å²) in [6.07, 6.45) is 6.09. The summed E-state index contributed by atoms with van der Waals surface area (Å²) in [5.41, 5.74) is 0. The van der Waals surface area contributed by atoms with Crippen LogP contribution < -0.4 is 5.32 Å². The first-order valence-electron chi connectivity index (χ1n) is 8.09. The van der Waals surface area contributed by atoms with E-state index >= 15 is 0 Å². The lowest BCUT2D eigenvalue weighted by atomic mass is 10.2. The summed E-state index contributed by atoms with van der Waals surface area (Å²) in [6.45, 7) is 5.60. The van der Waals surface area contributed by atoms with Gasteiger partial charge in [0.1, 0.15) is 5.75 Å². The molecule has 0 aromatic rings. The normalized spacial score (nSPS) is 24.8. The van der Waals surface area contributed by atoms with Crippen molar-refractivity contribution in [3.63, 3.8) is 0 Å². The molecule has 1 aliphatic heterocycles. The number of carbonyl (C=O) groups excluding carboxylic acids is 1. The molecule has 1 saturated carbocycles. The molecule has 1 amide bonds. The van der Waals surface area contributed by atoms with E-state index in [9.17, 15) is 13.2 Å². The second-order valence-corrected chi connectivity index (χ2v) is 9.04. The molecule has 1 N–H and O–H groups in total. The van der Waals surface area contributed by atoms with Crippen LogP contribution in [0.5, 0.6) is 0 Å².